The fourth-order valence-electron chi connectivity index (χ4n) is 2.01. The van der Waals surface area contributed by atoms with E-state index < -0.39 is 42.4 Å². The molecule has 0 saturated carbocycles. The van der Waals surface area contributed by atoms with Crippen LogP contribution in [0.2, 0.25) is 0 Å². The number of hydrogen-bond acceptors (Lipinski definition) is 9. The first-order chi connectivity index (χ1) is 14.7. The molecule has 0 aromatic carbocycles. The van der Waals surface area contributed by atoms with Gasteiger partial charge in [-0.05, 0) is 18.6 Å². The van der Waals surface area contributed by atoms with Crippen molar-refractivity contribution in [3.05, 3.63) is 24.5 Å². The van der Waals surface area contributed by atoms with E-state index in [1.54, 1.807) is 31.6 Å². The lowest BCUT2D eigenvalue weighted by Gasteiger charge is -2.19. The number of rotatable bonds is 14. The van der Waals surface area contributed by atoms with E-state index in [2.05, 4.69) is 26.0 Å². The zero-order valence-electron chi connectivity index (χ0n) is 16.8. The summed E-state index contributed by atoms with van der Waals surface area (Å²) in [5, 5.41) is 31.6. The number of pyridine rings is 1. The quantitative estimate of drug-likeness (QED) is 0.139. The van der Waals surface area contributed by atoms with Crippen LogP contribution < -0.4 is 16.4 Å². The molecule has 0 bridgehead atoms. The van der Waals surface area contributed by atoms with Gasteiger partial charge in [-0.3, -0.25) is 29.2 Å². The van der Waals surface area contributed by atoms with Crippen LogP contribution in [-0.2, 0) is 19.2 Å². The Hall–Kier alpha value is -3.26. The zero-order valence-corrected chi connectivity index (χ0v) is 17.6. The van der Waals surface area contributed by atoms with Gasteiger partial charge in [0.05, 0.1) is 12.1 Å². The van der Waals surface area contributed by atoms with Crippen molar-refractivity contribution in [2.75, 3.05) is 25.2 Å². The number of nitrogens with zero attached hydrogens (tertiary/aromatic N) is 4. The predicted octanol–water partition coefficient (Wildman–Crippen LogP) is -0.419. The Morgan fingerprint density at radius 1 is 1.32 bits per heavy atom. The number of nitrogens with one attached hydrogen (secondary N) is 2. The Morgan fingerprint density at radius 2 is 2.06 bits per heavy atom. The highest BCUT2D eigenvalue weighted by molar-refractivity contribution is 7.99. The Labute approximate surface area is 182 Å². The van der Waals surface area contributed by atoms with Gasteiger partial charge in [0, 0.05) is 25.4 Å². The molecule has 2 atom stereocenters. The van der Waals surface area contributed by atoms with Gasteiger partial charge in [-0.1, -0.05) is 5.22 Å². The monoisotopic (exact) mass is 455 g/mol. The molecule has 1 aromatic heterocycles. The second-order valence-corrected chi connectivity index (χ2v) is 7.27. The highest BCUT2D eigenvalue weighted by Gasteiger charge is 2.22. The van der Waals surface area contributed by atoms with Crippen molar-refractivity contribution in [2.45, 2.75) is 24.9 Å². The minimum absolute atomic E-state index is 0.102. The molecule has 6 N–H and O–H groups in total. The normalized spacial score (nSPS) is 12.7. The van der Waals surface area contributed by atoms with Gasteiger partial charge in [-0.25, -0.2) is 0 Å². The van der Waals surface area contributed by atoms with Gasteiger partial charge in [0.25, 0.3) is 0 Å². The van der Waals surface area contributed by atoms with Crippen LogP contribution in [-0.4, -0.2) is 81.3 Å². The lowest BCUT2D eigenvalue weighted by molar-refractivity contribution is -0.139. The lowest BCUT2D eigenvalue weighted by atomic mass is 10.1. The van der Waals surface area contributed by atoms with Gasteiger partial charge in [-0.2, -0.15) is 0 Å². The number of aliphatic carboxylic acids is 2. The van der Waals surface area contributed by atoms with E-state index in [0.29, 0.717) is 11.6 Å². The van der Waals surface area contributed by atoms with Gasteiger partial charge in [0.15, 0.2) is 0 Å². The van der Waals surface area contributed by atoms with Crippen LogP contribution in [0.25, 0.3) is 0 Å². The van der Waals surface area contributed by atoms with E-state index in [-0.39, 0.29) is 18.6 Å². The molecule has 2 unspecified atom stereocenters. The molecule has 1 heterocycles. The largest absolute Gasteiger partial charge is 0.480 e. The van der Waals surface area contributed by atoms with Crippen molar-refractivity contribution in [2.24, 2.45) is 16.1 Å². The number of carbonyl (C=O) groups excluding carboxylic acids is 2. The first-order valence-corrected chi connectivity index (χ1v) is 10.2. The predicted molar refractivity (Wildman–Crippen MR) is 111 cm³/mol. The third-order valence-corrected chi connectivity index (χ3v) is 4.71. The standard InChI is InChI=1S/C17H25N7O6S/c1-24(23-22-11-3-2-6-19-7-11)10-31-9-13(16(28)20-8-15(26)27)21-14(25)5-4-12(18)17(29)30/h2-3,6-7,12-13H,4-5,8-10,18H2,1H3,(H,20,28)(H,21,25)(H,26,27)(H,29,30). The van der Waals surface area contributed by atoms with E-state index in [4.69, 9.17) is 15.9 Å². The summed E-state index contributed by atoms with van der Waals surface area (Å²) in [6, 6.07) is 1.22. The second-order valence-electron chi connectivity index (χ2n) is 6.27. The Bertz CT molecular complexity index is 779. The fraction of sp³-hybridized carbons (Fsp3) is 0.471. The number of amides is 2. The molecular weight excluding hydrogens is 430 g/mol. The maximum Gasteiger partial charge on any atom is 0.322 e. The van der Waals surface area contributed by atoms with Gasteiger partial charge in [-0.15, -0.1) is 16.9 Å². The first-order valence-electron chi connectivity index (χ1n) is 9.07. The van der Waals surface area contributed by atoms with Gasteiger partial charge >= 0.3 is 11.9 Å². The highest BCUT2D eigenvalue weighted by atomic mass is 32.2. The molecule has 0 aliphatic heterocycles. The van der Waals surface area contributed by atoms with Crippen LogP contribution in [0.3, 0.4) is 0 Å². The molecular formula is C17H25N7O6S. The molecule has 170 valence electrons. The average molecular weight is 455 g/mol. The van der Waals surface area contributed by atoms with E-state index in [0.717, 1.165) is 0 Å². The minimum Gasteiger partial charge on any atom is -0.480 e. The van der Waals surface area contributed by atoms with Crippen LogP contribution in [0, 0.1) is 0 Å². The summed E-state index contributed by atoms with van der Waals surface area (Å²) in [6.07, 6.45) is 2.85. The third kappa shape index (κ3) is 11.5. The van der Waals surface area contributed by atoms with Crippen LogP contribution in [0.15, 0.2) is 34.9 Å². The summed E-state index contributed by atoms with van der Waals surface area (Å²) in [6.45, 7) is -0.598. The summed E-state index contributed by atoms with van der Waals surface area (Å²) in [4.78, 5) is 49.6. The summed E-state index contributed by atoms with van der Waals surface area (Å²) < 4.78 is 0. The zero-order chi connectivity index (χ0) is 23.2. The van der Waals surface area contributed by atoms with Crippen LogP contribution in [0.4, 0.5) is 5.69 Å². The first kappa shape index (κ1) is 25.8. The van der Waals surface area contributed by atoms with Gasteiger partial charge in [0.2, 0.25) is 11.8 Å². The minimum atomic E-state index is -1.23. The molecule has 0 aliphatic carbocycles. The molecule has 2 amide bonds. The number of thioether (sulfide) groups is 1. The van der Waals surface area contributed by atoms with Crippen LogP contribution in [0.5, 0.6) is 0 Å². The molecule has 1 aromatic rings. The highest BCUT2D eigenvalue weighted by Crippen LogP contribution is 2.11. The Balaban J connectivity index is 2.57. The molecule has 0 spiro atoms. The van der Waals surface area contributed by atoms with Crippen molar-refractivity contribution >= 4 is 41.2 Å². The van der Waals surface area contributed by atoms with E-state index >= 15 is 0 Å². The molecule has 0 saturated heterocycles. The van der Waals surface area contributed by atoms with E-state index in [1.807, 2.05) is 0 Å². The Morgan fingerprint density at radius 3 is 2.68 bits per heavy atom. The molecule has 31 heavy (non-hydrogen) atoms. The molecule has 14 heteroatoms. The number of carboxylic acids is 2. The van der Waals surface area contributed by atoms with Crippen molar-refractivity contribution in [1.29, 1.82) is 0 Å². The van der Waals surface area contributed by atoms with Crippen LogP contribution >= 0.6 is 11.8 Å². The fourth-order valence-corrected chi connectivity index (χ4v) is 2.91. The van der Waals surface area contributed by atoms with Crippen LogP contribution in [0.1, 0.15) is 12.8 Å². The van der Waals surface area contributed by atoms with Gasteiger partial charge < -0.3 is 26.6 Å². The third-order valence-electron chi connectivity index (χ3n) is 3.59. The summed E-state index contributed by atoms with van der Waals surface area (Å²) in [5.74, 6) is -3.26. The molecule has 0 aliphatic rings. The van der Waals surface area contributed by atoms with E-state index in [9.17, 15) is 19.2 Å². The molecule has 0 radical (unpaired) electrons. The van der Waals surface area contributed by atoms with Gasteiger partial charge in [0.1, 0.15) is 24.3 Å². The maximum atomic E-state index is 12.2. The number of carboxylic acid groups (broad SMARTS) is 2. The topological polar surface area (TPSA) is 200 Å². The summed E-state index contributed by atoms with van der Waals surface area (Å²) in [7, 11) is 1.66. The number of nitrogens with two attached hydrogens (primary N) is 1. The van der Waals surface area contributed by atoms with Crippen molar-refractivity contribution in [1.82, 2.24) is 20.6 Å². The van der Waals surface area contributed by atoms with E-state index in [1.165, 1.54) is 16.8 Å². The Kier molecular flexibility index (Phi) is 11.5. The number of carbonyl (C=O) groups is 4. The van der Waals surface area contributed by atoms with Crippen molar-refractivity contribution in [3.8, 4) is 0 Å². The lowest BCUT2D eigenvalue weighted by Crippen LogP contribution is -2.49. The average Bonchev–Trinajstić information content (AvgIpc) is 2.74. The SMILES string of the molecule is CN(CSCC(NC(=O)CCC(N)C(=O)O)C(=O)NCC(=O)O)N=Nc1cccnc1. The summed E-state index contributed by atoms with van der Waals surface area (Å²) in [5.41, 5.74) is 5.93. The molecule has 0 fully saturated rings. The van der Waals surface area contributed by atoms with Crippen molar-refractivity contribution in [3.63, 3.8) is 0 Å². The van der Waals surface area contributed by atoms with Crippen molar-refractivity contribution < 1.29 is 29.4 Å². The number of aromatic nitrogens is 1. The summed E-state index contributed by atoms with van der Waals surface area (Å²) >= 11 is 1.25. The molecule has 1 rings (SSSR count). The second kappa shape index (κ2) is 13.9. The smallest absolute Gasteiger partial charge is 0.322 e. The number of hydrogen-bond donors (Lipinski definition) is 5. The molecule has 13 nitrogen and oxygen atoms in total. The maximum absolute atomic E-state index is 12.2.